The summed E-state index contributed by atoms with van der Waals surface area (Å²) in [7, 11) is 1.93. The smallest absolute Gasteiger partial charge is 0.0736 e. The molecule has 2 aromatic heterocycles. The van der Waals surface area contributed by atoms with Crippen LogP contribution in [0.5, 0.6) is 0 Å². The topological polar surface area (TPSA) is 68.8 Å². The Morgan fingerprint density at radius 2 is 2.29 bits per heavy atom. The summed E-state index contributed by atoms with van der Waals surface area (Å²) in [5.74, 6) is 0. The molecule has 0 aliphatic carbocycles. The van der Waals surface area contributed by atoms with Gasteiger partial charge in [-0.05, 0) is 12.5 Å². The average Bonchev–Trinajstić information content (AvgIpc) is 2.69. The second kappa shape index (κ2) is 4.86. The fourth-order valence-electron chi connectivity index (χ4n) is 1.79. The average molecular weight is 231 g/mol. The van der Waals surface area contributed by atoms with Gasteiger partial charge in [-0.3, -0.25) is 9.67 Å². The Morgan fingerprint density at radius 1 is 1.47 bits per heavy atom. The number of hydrogen-bond acceptors (Lipinski definition) is 4. The van der Waals surface area contributed by atoms with E-state index >= 15 is 0 Å². The molecule has 5 heteroatoms. The van der Waals surface area contributed by atoms with Crippen LogP contribution < -0.4 is 11.1 Å². The van der Waals surface area contributed by atoms with Gasteiger partial charge in [-0.2, -0.15) is 5.10 Å². The maximum atomic E-state index is 5.81. The number of nitrogens with zero attached hydrogens (tertiary/aromatic N) is 3. The minimum atomic E-state index is 0.662. The molecule has 0 aliphatic heterocycles. The molecule has 0 bridgehead atoms. The Labute approximate surface area is 101 Å². The molecular weight excluding hydrogens is 214 g/mol. The number of hydrogen-bond donors (Lipinski definition) is 2. The van der Waals surface area contributed by atoms with Crippen LogP contribution in [0.1, 0.15) is 18.2 Å². The molecule has 0 saturated heterocycles. The van der Waals surface area contributed by atoms with E-state index in [0.717, 1.165) is 24.3 Å². The van der Waals surface area contributed by atoms with Gasteiger partial charge in [0.05, 0.1) is 23.3 Å². The maximum Gasteiger partial charge on any atom is 0.0736 e. The molecule has 0 atom stereocenters. The van der Waals surface area contributed by atoms with E-state index in [1.54, 1.807) is 12.4 Å². The molecular formula is C12H17N5. The van der Waals surface area contributed by atoms with Crippen LogP contribution in [0.4, 0.5) is 11.4 Å². The summed E-state index contributed by atoms with van der Waals surface area (Å²) < 4.78 is 1.84. The Bertz CT molecular complexity index is 503. The Hall–Kier alpha value is -2.04. The van der Waals surface area contributed by atoms with Crippen molar-refractivity contribution in [3.63, 3.8) is 0 Å². The number of aryl methyl sites for hydroxylation is 2. The monoisotopic (exact) mass is 231 g/mol. The lowest BCUT2D eigenvalue weighted by Gasteiger charge is -2.07. The summed E-state index contributed by atoms with van der Waals surface area (Å²) in [4.78, 5) is 3.96. The van der Waals surface area contributed by atoms with Crippen molar-refractivity contribution in [2.24, 2.45) is 7.05 Å². The quantitative estimate of drug-likeness (QED) is 0.838. The second-order valence-corrected chi connectivity index (χ2v) is 3.94. The zero-order chi connectivity index (χ0) is 12.3. The molecule has 2 heterocycles. The summed E-state index contributed by atoms with van der Waals surface area (Å²) in [5, 5.41) is 7.70. The van der Waals surface area contributed by atoms with Gasteiger partial charge in [-0.15, -0.1) is 0 Å². The number of nitrogens with two attached hydrogens (primary N) is 1. The van der Waals surface area contributed by atoms with Crippen molar-refractivity contribution < 1.29 is 0 Å². The van der Waals surface area contributed by atoms with Gasteiger partial charge in [-0.25, -0.2) is 0 Å². The summed E-state index contributed by atoms with van der Waals surface area (Å²) in [6, 6.07) is 1.87. The largest absolute Gasteiger partial charge is 0.396 e. The zero-order valence-corrected chi connectivity index (χ0v) is 10.1. The van der Waals surface area contributed by atoms with Crippen molar-refractivity contribution >= 4 is 11.4 Å². The molecule has 2 rings (SSSR count). The van der Waals surface area contributed by atoms with E-state index in [2.05, 4.69) is 22.3 Å². The van der Waals surface area contributed by atoms with Crippen LogP contribution in [-0.2, 0) is 20.0 Å². The predicted molar refractivity (Wildman–Crippen MR) is 68.6 cm³/mol. The molecule has 0 aromatic carbocycles. The van der Waals surface area contributed by atoms with Crippen LogP contribution >= 0.6 is 0 Å². The number of nitrogens with one attached hydrogen (secondary N) is 1. The molecule has 0 aliphatic rings. The number of anilines is 2. The lowest BCUT2D eigenvalue weighted by molar-refractivity contribution is 0.746. The van der Waals surface area contributed by atoms with Gasteiger partial charge in [0, 0.05) is 31.5 Å². The highest BCUT2D eigenvalue weighted by Crippen LogP contribution is 2.17. The van der Waals surface area contributed by atoms with E-state index in [-0.39, 0.29) is 0 Å². The third-order valence-corrected chi connectivity index (χ3v) is 2.65. The number of nitrogen functional groups attached to an aromatic ring is 1. The summed E-state index contributed by atoms with van der Waals surface area (Å²) in [6.07, 6.45) is 6.34. The third kappa shape index (κ3) is 2.55. The van der Waals surface area contributed by atoms with Crippen molar-refractivity contribution in [1.82, 2.24) is 14.8 Å². The van der Waals surface area contributed by atoms with Crippen molar-refractivity contribution in [3.05, 3.63) is 35.9 Å². The summed E-state index contributed by atoms with van der Waals surface area (Å²) >= 11 is 0. The van der Waals surface area contributed by atoms with Gasteiger partial charge in [0.1, 0.15) is 0 Å². The van der Waals surface area contributed by atoms with Gasteiger partial charge in [0.2, 0.25) is 0 Å². The third-order valence-electron chi connectivity index (χ3n) is 2.65. The van der Waals surface area contributed by atoms with Crippen LogP contribution in [-0.4, -0.2) is 14.8 Å². The summed E-state index contributed by atoms with van der Waals surface area (Å²) in [6.45, 7) is 2.83. The van der Waals surface area contributed by atoms with Crippen LogP contribution in [0.15, 0.2) is 24.7 Å². The van der Waals surface area contributed by atoms with Gasteiger partial charge < -0.3 is 11.1 Å². The van der Waals surface area contributed by atoms with Crippen LogP contribution in [0.25, 0.3) is 0 Å². The molecule has 0 radical (unpaired) electrons. The number of rotatable bonds is 4. The van der Waals surface area contributed by atoms with Crippen molar-refractivity contribution in [3.8, 4) is 0 Å². The first-order chi connectivity index (χ1) is 8.20. The Kier molecular flexibility index (Phi) is 3.27. The van der Waals surface area contributed by atoms with Crippen molar-refractivity contribution in [2.45, 2.75) is 19.9 Å². The SMILES string of the molecule is CCc1nn(C)cc1CNc1ccncc1N. The van der Waals surface area contributed by atoms with Gasteiger partial charge >= 0.3 is 0 Å². The molecule has 0 spiro atoms. The minimum Gasteiger partial charge on any atom is -0.396 e. The Balaban J connectivity index is 2.09. The second-order valence-electron chi connectivity index (χ2n) is 3.94. The predicted octanol–water partition coefficient (Wildman–Crippen LogP) is 1.57. The van der Waals surface area contributed by atoms with E-state index in [9.17, 15) is 0 Å². The van der Waals surface area contributed by atoms with Gasteiger partial charge in [0.15, 0.2) is 0 Å². The van der Waals surface area contributed by atoms with Gasteiger partial charge in [0.25, 0.3) is 0 Å². The van der Waals surface area contributed by atoms with Gasteiger partial charge in [-0.1, -0.05) is 6.92 Å². The van der Waals surface area contributed by atoms with Crippen LogP contribution in [0, 0.1) is 0 Å². The highest BCUT2D eigenvalue weighted by atomic mass is 15.3. The molecule has 0 amide bonds. The molecule has 90 valence electrons. The lowest BCUT2D eigenvalue weighted by Crippen LogP contribution is -2.03. The molecule has 0 saturated carbocycles. The first-order valence-corrected chi connectivity index (χ1v) is 5.65. The summed E-state index contributed by atoms with van der Waals surface area (Å²) in [5.41, 5.74) is 9.70. The first-order valence-electron chi connectivity index (χ1n) is 5.65. The molecule has 0 fully saturated rings. The highest BCUT2D eigenvalue weighted by Gasteiger charge is 2.06. The minimum absolute atomic E-state index is 0.662. The fraction of sp³-hybridized carbons (Fsp3) is 0.333. The molecule has 5 nitrogen and oxygen atoms in total. The normalized spacial score (nSPS) is 10.5. The van der Waals surface area contributed by atoms with Crippen molar-refractivity contribution in [2.75, 3.05) is 11.1 Å². The highest BCUT2D eigenvalue weighted by molar-refractivity contribution is 5.64. The fourth-order valence-corrected chi connectivity index (χ4v) is 1.79. The molecule has 0 unspecified atom stereocenters. The van der Waals surface area contributed by atoms with Crippen molar-refractivity contribution in [1.29, 1.82) is 0 Å². The molecule has 2 aromatic rings. The zero-order valence-electron chi connectivity index (χ0n) is 10.1. The standard InChI is InChI=1S/C12H17N5/c1-3-11-9(8-17(2)16-11)6-15-12-4-5-14-7-10(12)13/h4-5,7-8H,3,6,13H2,1-2H3,(H,14,15). The van der Waals surface area contributed by atoms with Crippen LogP contribution in [0.3, 0.4) is 0 Å². The lowest BCUT2D eigenvalue weighted by atomic mass is 10.2. The Morgan fingerprint density at radius 3 is 3.00 bits per heavy atom. The van der Waals surface area contributed by atoms with E-state index in [0.29, 0.717) is 5.69 Å². The number of pyridine rings is 1. The van der Waals surface area contributed by atoms with E-state index in [1.165, 1.54) is 5.56 Å². The number of aromatic nitrogens is 3. The van der Waals surface area contributed by atoms with Crippen LogP contribution in [0.2, 0.25) is 0 Å². The van der Waals surface area contributed by atoms with E-state index in [4.69, 9.17) is 5.73 Å². The van der Waals surface area contributed by atoms with E-state index in [1.807, 2.05) is 24.0 Å². The maximum absolute atomic E-state index is 5.81. The molecule has 17 heavy (non-hydrogen) atoms. The molecule has 3 N–H and O–H groups in total. The first kappa shape index (κ1) is 11.4. The van der Waals surface area contributed by atoms with E-state index < -0.39 is 0 Å².